The number of benzene rings is 2. The zero-order chi connectivity index (χ0) is 21.9. The highest BCUT2D eigenvalue weighted by Gasteiger charge is 2.54. The quantitative estimate of drug-likeness (QED) is 0.436. The molecule has 0 bridgehead atoms. The molecule has 1 saturated carbocycles. The van der Waals surface area contributed by atoms with E-state index in [4.69, 9.17) is 0 Å². The normalized spacial score (nSPS) is 22.8. The first-order valence-electron chi connectivity index (χ1n) is 11.2. The molecule has 1 spiro atoms. The Labute approximate surface area is 200 Å². The molecular formula is C25H24FIN4O. The van der Waals surface area contributed by atoms with E-state index < -0.39 is 5.41 Å². The minimum Gasteiger partial charge on any atom is -0.307 e. The number of fused-ring (bicyclic) bond motifs is 2. The van der Waals surface area contributed by atoms with Gasteiger partial charge in [-0.1, -0.05) is 30.3 Å². The molecule has 2 fully saturated rings. The summed E-state index contributed by atoms with van der Waals surface area (Å²) in [4.78, 5) is 18.1. The summed E-state index contributed by atoms with van der Waals surface area (Å²) in [6.45, 7) is 3.08. The third-order valence-electron chi connectivity index (χ3n) is 7.19. The van der Waals surface area contributed by atoms with Crippen LogP contribution < -0.4 is 4.90 Å². The molecule has 6 rings (SSSR count). The zero-order valence-corrected chi connectivity index (χ0v) is 19.8. The molecule has 2 aromatic carbocycles. The SMILES string of the molecule is O=C1N(Cc2ccc(-c3cnn(I)c3)cc2F)c2ccccc2C12CCN(CC1CC1)C2. The number of hydrogen-bond acceptors (Lipinski definition) is 3. The van der Waals surface area contributed by atoms with Crippen molar-refractivity contribution in [3.8, 4) is 11.1 Å². The number of anilines is 1. The zero-order valence-electron chi connectivity index (χ0n) is 17.7. The fourth-order valence-corrected chi connectivity index (χ4v) is 5.76. The van der Waals surface area contributed by atoms with E-state index in [2.05, 4.69) is 38.9 Å². The standard InChI is InChI=1S/C25H24FIN4O/c26-22-11-18(20-12-28-31(27)15-20)7-8-19(22)14-30-23-4-2-1-3-21(23)25(24(30)32)9-10-29(16-25)13-17-5-6-17/h1-4,7-8,11-12,15,17H,5-6,9-10,13-14,16H2. The molecule has 1 aromatic heterocycles. The van der Waals surface area contributed by atoms with Crippen LogP contribution in [0.25, 0.3) is 11.1 Å². The van der Waals surface area contributed by atoms with Crippen molar-refractivity contribution in [2.24, 2.45) is 5.92 Å². The number of hydrogen-bond donors (Lipinski definition) is 0. The number of carbonyl (C=O) groups excluding carboxylic acids is 1. The van der Waals surface area contributed by atoms with Crippen molar-refractivity contribution < 1.29 is 9.18 Å². The Hall–Kier alpha value is -2.26. The fourth-order valence-electron chi connectivity index (χ4n) is 5.33. The second-order valence-corrected chi connectivity index (χ2v) is 10.3. The van der Waals surface area contributed by atoms with Crippen LogP contribution in [0.15, 0.2) is 54.9 Å². The van der Waals surface area contributed by atoms with E-state index in [0.29, 0.717) is 5.56 Å². The van der Waals surface area contributed by atoms with Crippen molar-refractivity contribution in [2.75, 3.05) is 24.5 Å². The summed E-state index contributed by atoms with van der Waals surface area (Å²) < 4.78 is 16.8. The molecule has 0 radical (unpaired) electrons. The predicted octanol–water partition coefficient (Wildman–Crippen LogP) is 4.79. The molecule has 32 heavy (non-hydrogen) atoms. The first-order chi connectivity index (χ1) is 15.5. The molecule has 1 amide bonds. The summed E-state index contributed by atoms with van der Waals surface area (Å²) >= 11 is 2.07. The van der Waals surface area contributed by atoms with Crippen LogP contribution in [-0.2, 0) is 16.8 Å². The van der Waals surface area contributed by atoms with Crippen molar-refractivity contribution in [2.45, 2.75) is 31.2 Å². The van der Waals surface area contributed by atoms with Crippen molar-refractivity contribution in [1.29, 1.82) is 0 Å². The molecule has 3 heterocycles. The van der Waals surface area contributed by atoms with Gasteiger partial charge in [0, 0.05) is 36.1 Å². The van der Waals surface area contributed by atoms with Gasteiger partial charge in [0.1, 0.15) is 5.82 Å². The van der Waals surface area contributed by atoms with Crippen LogP contribution in [0, 0.1) is 11.7 Å². The first kappa shape index (κ1) is 20.4. The van der Waals surface area contributed by atoms with Crippen LogP contribution in [0.1, 0.15) is 30.4 Å². The van der Waals surface area contributed by atoms with Crippen molar-refractivity contribution in [1.82, 2.24) is 12.9 Å². The van der Waals surface area contributed by atoms with Crippen LogP contribution in [0.3, 0.4) is 0 Å². The fraction of sp³-hybridized carbons (Fsp3) is 0.360. The largest absolute Gasteiger partial charge is 0.307 e. The van der Waals surface area contributed by atoms with Crippen LogP contribution >= 0.6 is 22.9 Å². The van der Waals surface area contributed by atoms with Gasteiger partial charge in [-0.2, -0.15) is 5.10 Å². The maximum absolute atomic E-state index is 15.1. The molecule has 1 unspecified atom stereocenters. The van der Waals surface area contributed by atoms with Crippen LogP contribution in [0.4, 0.5) is 10.1 Å². The molecule has 5 nitrogen and oxygen atoms in total. The maximum Gasteiger partial charge on any atom is 0.239 e. The van der Waals surface area contributed by atoms with Crippen molar-refractivity contribution in [3.05, 3.63) is 71.8 Å². The number of amides is 1. The second-order valence-electron chi connectivity index (χ2n) is 9.34. The van der Waals surface area contributed by atoms with Crippen LogP contribution in [0.2, 0.25) is 0 Å². The smallest absolute Gasteiger partial charge is 0.239 e. The molecule has 164 valence electrons. The Balaban J connectivity index is 1.29. The van der Waals surface area contributed by atoms with Gasteiger partial charge < -0.3 is 9.80 Å². The van der Waals surface area contributed by atoms with Gasteiger partial charge >= 0.3 is 0 Å². The number of carbonyl (C=O) groups is 1. The first-order valence-corrected chi connectivity index (χ1v) is 12.1. The third kappa shape index (κ3) is 3.37. The summed E-state index contributed by atoms with van der Waals surface area (Å²) in [7, 11) is 0. The maximum atomic E-state index is 15.1. The number of likely N-dealkylation sites (tertiary alicyclic amines) is 1. The molecule has 0 N–H and O–H groups in total. The minimum atomic E-state index is -0.489. The topological polar surface area (TPSA) is 41.4 Å². The average molecular weight is 542 g/mol. The van der Waals surface area contributed by atoms with Crippen molar-refractivity contribution in [3.63, 3.8) is 0 Å². The summed E-state index contributed by atoms with van der Waals surface area (Å²) in [6, 6.07) is 13.3. The summed E-state index contributed by atoms with van der Waals surface area (Å²) in [5, 5.41) is 4.16. The Morgan fingerprint density at radius 3 is 2.75 bits per heavy atom. The van der Waals surface area contributed by atoms with Gasteiger partial charge in [-0.15, -0.1) is 0 Å². The van der Waals surface area contributed by atoms with Crippen LogP contribution in [0.5, 0.6) is 0 Å². The number of halogens is 2. The number of aromatic nitrogens is 2. The van der Waals surface area contributed by atoms with E-state index in [9.17, 15) is 4.79 Å². The van der Waals surface area contributed by atoms with E-state index in [-0.39, 0.29) is 18.3 Å². The minimum absolute atomic E-state index is 0.117. The second kappa shape index (κ2) is 7.66. The lowest BCUT2D eigenvalue weighted by Crippen LogP contribution is -2.42. The monoisotopic (exact) mass is 542 g/mol. The molecule has 2 aliphatic heterocycles. The van der Waals surface area contributed by atoms with E-state index in [0.717, 1.165) is 54.4 Å². The average Bonchev–Trinajstić information content (AvgIpc) is 3.25. The highest BCUT2D eigenvalue weighted by molar-refractivity contribution is 14.1. The lowest BCUT2D eigenvalue weighted by atomic mass is 9.81. The lowest BCUT2D eigenvalue weighted by Gasteiger charge is -2.25. The Bertz CT molecular complexity index is 1210. The molecule has 1 saturated heterocycles. The van der Waals surface area contributed by atoms with Gasteiger partial charge in [-0.25, -0.2) is 7.29 Å². The molecule has 1 atom stereocenters. The third-order valence-corrected chi connectivity index (χ3v) is 7.72. The van der Waals surface area contributed by atoms with Gasteiger partial charge in [0.2, 0.25) is 5.91 Å². The van der Waals surface area contributed by atoms with Crippen LogP contribution in [-0.4, -0.2) is 38.4 Å². The summed E-state index contributed by atoms with van der Waals surface area (Å²) in [5.41, 5.74) is 3.73. The molecule has 7 heteroatoms. The Kier molecular flexibility index (Phi) is 4.87. The van der Waals surface area contributed by atoms with E-state index in [1.54, 1.807) is 20.1 Å². The van der Waals surface area contributed by atoms with Crippen molar-refractivity contribution >= 4 is 34.5 Å². The lowest BCUT2D eigenvalue weighted by molar-refractivity contribution is -0.122. The Morgan fingerprint density at radius 1 is 1.16 bits per heavy atom. The van der Waals surface area contributed by atoms with E-state index in [1.807, 2.05) is 30.5 Å². The molecular weight excluding hydrogens is 518 g/mol. The van der Waals surface area contributed by atoms with E-state index >= 15 is 4.39 Å². The van der Waals surface area contributed by atoms with Gasteiger partial charge in [0.15, 0.2) is 0 Å². The summed E-state index contributed by atoms with van der Waals surface area (Å²) in [5.74, 6) is 0.628. The van der Waals surface area contributed by atoms with E-state index in [1.165, 1.54) is 18.9 Å². The predicted molar refractivity (Wildman–Crippen MR) is 130 cm³/mol. The van der Waals surface area contributed by atoms with Gasteiger partial charge in [-0.05, 0) is 55.0 Å². The highest BCUT2D eigenvalue weighted by atomic mass is 127. The Morgan fingerprint density at radius 2 is 2.00 bits per heavy atom. The number of rotatable bonds is 5. The molecule has 1 aliphatic carbocycles. The summed E-state index contributed by atoms with van der Waals surface area (Å²) in [6.07, 6.45) is 7.04. The number of para-hydroxylation sites is 1. The number of nitrogens with zero attached hydrogens (tertiary/aromatic N) is 4. The highest BCUT2D eigenvalue weighted by Crippen LogP contribution is 2.48. The van der Waals surface area contributed by atoms with Gasteiger partial charge in [0.05, 0.1) is 41.0 Å². The molecule has 3 aliphatic rings. The van der Waals surface area contributed by atoms with Gasteiger partial charge in [-0.3, -0.25) is 4.79 Å². The molecule has 3 aromatic rings. The van der Waals surface area contributed by atoms with Gasteiger partial charge in [0.25, 0.3) is 0 Å².